The van der Waals surface area contributed by atoms with E-state index in [-0.39, 0.29) is 6.61 Å². The number of amides is 3. The van der Waals surface area contributed by atoms with E-state index in [1.54, 1.807) is 49.4 Å². The topological polar surface area (TPSA) is 93.7 Å². The van der Waals surface area contributed by atoms with Crippen LogP contribution in [-0.4, -0.2) is 31.1 Å². The molecule has 0 aliphatic rings. The Bertz CT molecular complexity index is 792. The van der Waals surface area contributed by atoms with Gasteiger partial charge in [-0.1, -0.05) is 48.5 Å². The van der Waals surface area contributed by atoms with Crippen molar-refractivity contribution < 1.29 is 23.9 Å². The summed E-state index contributed by atoms with van der Waals surface area (Å²) < 4.78 is 10.7. The summed E-state index contributed by atoms with van der Waals surface area (Å²) in [4.78, 5) is 36.2. The third-order valence-electron chi connectivity index (χ3n) is 3.60. The molecule has 7 heteroatoms. The molecule has 142 valence electrons. The van der Waals surface area contributed by atoms with Gasteiger partial charge in [0.25, 0.3) is 5.91 Å². The van der Waals surface area contributed by atoms with Gasteiger partial charge in [0, 0.05) is 12.1 Å². The Morgan fingerprint density at radius 2 is 1.67 bits per heavy atom. The summed E-state index contributed by atoms with van der Waals surface area (Å²) in [5, 5.41) is 4.61. The highest BCUT2D eigenvalue weighted by molar-refractivity contribution is 5.97. The minimum Gasteiger partial charge on any atom is -0.482 e. The van der Waals surface area contributed by atoms with Crippen LogP contribution in [0.4, 0.5) is 4.79 Å². The molecule has 2 N–H and O–H groups in total. The molecule has 0 aliphatic heterocycles. The molecule has 1 atom stereocenters. The van der Waals surface area contributed by atoms with Gasteiger partial charge in [-0.3, -0.25) is 10.1 Å². The number of hydrogen-bond donors (Lipinski definition) is 2. The fourth-order valence-electron chi connectivity index (χ4n) is 2.30. The Morgan fingerprint density at radius 3 is 2.33 bits per heavy atom. The number of urea groups is 1. The predicted molar refractivity (Wildman–Crippen MR) is 99.2 cm³/mol. The molecule has 0 saturated carbocycles. The van der Waals surface area contributed by atoms with E-state index in [0.717, 1.165) is 5.56 Å². The number of esters is 1. The average molecular weight is 370 g/mol. The first-order valence-electron chi connectivity index (χ1n) is 8.52. The van der Waals surface area contributed by atoms with E-state index >= 15 is 0 Å². The molecule has 0 unspecified atom stereocenters. The molecule has 27 heavy (non-hydrogen) atoms. The molecule has 7 nitrogen and oxygen atoms in total. The SMILES string of the molecule is CCNC(=O)NC(=O)[C@@H](OC(=O)COc1ccccc1C)c1ccccc1. The van der Waals surface area contributed by atoms with Crippen molar-refractivity contribution >= 4 is 17.9 Å². The second kappa shape index (κ2) is 9.96. The second-order valence-electron chi connectivity index (χ2n) is 5.68. The molecule has 2 aromatic carbocycles. The maximum atomic E-state index is 12.4. The molecule has 0 saturated heterocycles. The lowest BCUT2D eigenvalue weighted by molar-refractivity contribution is -0.158. The largest absolute Gasteiger partial charge is 0.482 e. The summed E-state index contributed by atoms with van der Waals surface area (Å²) in [5.74, 6) is -0.910. The van der Waals surface area contributed by atoms with Crippen molar-refractivity contribution in [2.24, 2.45) is 0 Å². The summed E-state index contributed by atoms with van der Waals surface area (Å²) in [6.07, 6.45) is -1.26. The minimum absolute atomic E-state index is 0.359. The summed E-state index contributed by atoms with van der Waals surface area (Å²) in [6.45, 7) is 3.58. The minimum atomic E-state index is -1.26. The normalized spacial score (nSPS) is 11.2. The van der Waals surface area contributed by atoms with Crippen LogP contribution in [0.25, 0.3) is 0 Å². The maximum Gasteiger partial charge on any atom is 0.345 e. The number of carbonyl (C=O) groups is 3. The van der Waals surface area contributed by atoms with Gasteiger partial charge >= 0.3 is 12.0 Å². The van der Waals surface area contributed by atoms with Crippen molar-refractivity contribution in [3.63, 3.8) is 0 Å². The lowest BCUT2D eigenvalue weighted by atomic mass is 10.1. The first kappa shape index (κ1) is 20.0. The van der Waals surface area contributed by atoms with Crippen LogP contribution in [0.2, 0.25) is 0 Å². The molecule has 2 aromatic rings. The van der Waals surface area contributed by atoms with Gasteiger partial charge in [0.05, 0.1) is 0 Å². The molecular weight excluding hydrogens is 348 g/mol. The Labute approximate surface area is 157 Å². The van der Waals surface area contributed by atoms with Crippen LogP contribution in [0.1, 0.15) is 24.2 Å². The standard InChI is InChI=1S/C20H22N2O5/c1-3-21-20(25)22-19(24)18(15-10-5-4-6-11-15)27-17(23)13-26-16-12-8-7-9-14(16)2/h4-12,18H,3,13H2,1-2H3,(H2,21,22,24,25)/t18-/m0/s1. The fourth-order valence-corrected chi connectivity index (χ4v) is 2.30. The number of hydrogen-bond acceptors (Lipinski definition) is 5. The van der Waals surface area contributed by atoms with Gasteiger partial charge in [0.15, 0.2) is 6.61 Å². The van der Waals surface area contributed by atoms with E-state index in [4.69, 9.17) is 9.47 Å². The monoisotopic (exact) mass is 370 g/mol. The van der Waals surface area contributed by atoms with E-state index in [1.807, 2.05) is 19.1 Å². The first-order valence-corrected chi connectivity index (χ1v) is 8.52. The van der Waals surface area contributed by atoms with Gasteiger partial charge < -0.3 is 14.8 Å². The molecule has 0 aromatic heterocycles. The average Bonchev–Trinajstić information content (AvgIpc) is 2.66. The van der Waals surface area contributed by atoms with Crippen molar-refractivity contribution in [1.29, 1.82) is 0 Å². The third-order valence-corrected chi connectivity index (χ3v) is 3.60. The van der Waals surface area contributed by atoms with Crippen LogP contribution >= 0.6 is 0 Å². The summed E-state index contributed by atoms with van der Waals surface area (Å²) in [6, 6.07) is 15.0. The lowest BCUT2D eigenvalue weighted by Crippen LogP contribution is -2.42. The van der Waals surface area contributed by atoms with E-state index < -0.39 is 24.0 Å². The van der Waals surface area contributed by atoms with Gasteiger partial charge in [0.2, 0.25) is 6.10 Å². The molecule has 0 radical (unpaired) electrons. The van der Waals surface area contributed by atoms with Crippen molar-refractivity contribution in [1.82, 2.24) is 10.6 Å². The van der Waals surface area contributed by atoms with Gasteiger partial charge in [0.1, 0.15) is 5.75 Å². The van der Waals surface area contributed by atoms with E-state index in [2.05, 4.69) is 10.6 Å². The molecule has 0 aliphatic carbocycles. The van der Waals surface area contributed by atoms with Crippen LogP contribution in [0.3, 0.4) is 0 Å². The van der Waals surface area contributed by atoms with Crippen molar-refractivity contribution in [3.05, 3.63) is 65.7 Å². The zero-order valence-electron chi connectivity index (χ0n) is 15.2. The number of carbonyl (C=O) groups excluding carboxylic acids is 3. The smallest absolute Gasteiger partial charge is 0.345 e. The molecule has 2 rings (SSSR count). The van der Waals surface area contributed by atoms with Crippen LogP contribution < -0.4 is 15.4 Å². The van der Waals surface area contributed by atoms with E-state index in [1.165, 1.54) is 0 Å². The molecule has 0 bridgehead atoms. The fraction of sp³-hybridized carbons (Fsp3) is 0.250. The lowest BCUT2D eigenvalue weighted by Gasteiger charge is -2.18. The number of para-hydroxylation sites is 1. The van der Waals surface area contributed by atoms with Gasteiger partial charge in [-0.25, -0.2) is 9.59 Å². The van der Waals surface area contributed by atoms with Crippen molar-refractivity contribution in [3.8, 4) is 5.75 Å². The Morgan fingerprint density at radius 1 is 1.00 bits per heavy atom. The molecule has 3 amide bonds. The predicted octanol–water partition coefficient (Wildman–Crippen LogP) is 2.50. The summed E-state index contributed by atoms with van der Waals surface area (Å²) in [5.41, 5.74) is 1.32. The van der Waals surface area contributed by atoms with Crippen molar-refractivity contribution in [2.45, 2.75) is 20.0 Å². The number of rotatable bonds is 7. The quantitative estimate of drug-likeness (QED) is 0.731. The Hall–Kier alpha value is -3.35. The van der Waals surface area contributed by atoms with Crippen LogP contribution in [0.5, 0.6) is 5.75 Å². The summed E-state index contributed by atoms with van der Waals surface area (Å²) >= 11 is 0. The van der Waals surface area contributed by atoms with Crippen LogP contribution in [0, 0.1) is 6.92 Å². The number of imide groups is 1. The highest BCUT2D eigenvalue weighted by atomic mass is 16.6. The maximum absolute atomic E-state index is 12.4. The highest BCUT2D eigenvalue weighted by Gasteiger charge is 2.26. The Balaban J connectivity index is 2.05. The van der Waals surface area contributed by atoms with E-state index in [0.29, 0.717) is 17.9 Å². The second-order valence-corrected chi connectivity index (χ2v) is 5.68. The first-order chi connectivity index (χ1) is 13.0. The zero-order chi connectivity index (χ0) is 19.6. The van der Waals surface area contributed by atoms with Gasteiger partial charge in [-0.05, 0) is 25.5 Å². The van der Waals surface area contributed by atoms with Crippen LogP contribution in [0.15, 0.2) is 54.6 Å². The van der Waals surface area contributed by atoms with Crippen LogP contribution in [-0.2, 0) is 14.3 Å². The molecular formula is C20H22N2O5. The van der Waals surface area contributed by atoms with E-state index in [9.17, 15) is 14.4 Å². The number of nitrogens with one attached hydrogen (secondary N) is 2. The van der Waals surface area contributed by atoms with Gasteiger partial charge in [-0.15, -0.1) is 0 Å². The molecule has 0 spiro atoms. The number of ether oxygens (including phenoxy) is 2. The number of aryl methyl sites for hydroxylation is 1. The Kier molecular flexibility index (Phi) is 7.37. The highest BCUT2D eigenvalue weighted by Crippen LogP contribution is 2.19. The van der Waals surface area contributed by atoms with Crippen molar-refractivity contribution in [2.75, 3.05) is 13.2 Å². The van der Waals surface area contributed by atoms with Gasteiger partial charge in [-0.2, -0.15) is 0 Å². The third kappa shape index (κ3) is 6.14. The molecule has 0 fully saturated rings. The summed E-state index contributed by atoms with van der Waals surface area (Å²) in [7, 11) is 0. The number of benzene rings is 2. The molecule has 0 heterocycles. The zero-order valence-corrected chi connectivity index (χ0v) is 15.2.